The minimum absolute atomic E-state index is 0.514. The third-order valence-electron chi connectivity index (χ3n) is 3.96. The van der Waals surface area contributed by atoms with Gasteiger partial charge in [0.15, 0.2) is 0 Å². The maximum atomic E-state index is 6.22. The van der Waals surface area contributed by atoms with E-state index in [1.807, 2.05) is 18.2 Å². The summed E-state index contributed by atoms with van der Waals surface area (Å²) >= 11 is 12.3. The van der Waals surface area contributed by atoms with Crippen molar-refractivity contribution in [2.24, 2.45) is 0 Å². The van der Waals surface area contributed by atoms with Crippen LogP contribution in [0.4, 0.5) is 0 Å². The van der Waals surface area contributed by atoms with Crippen molar-refractivity contribution in [2.75, 3.05) is 0 Å². The second-order valence-corrected chi connectivity index (χ2v) is 6.09. The molecule has 1 aliphatic rings. The number of aryl methyl sites for hydroxylation is 1. The Balaban J connectivity index is 1.64. The molecule has 0 aliphatic heterocycles. The maximum Gasteiger partial charge on any atom is 0.0637 e. The number of nitrogens with one attached hydrogen (secondary N) is 1. The Morgan fingerprint density at radius 1 is 1.00 bits per heavy atom. The molecule has 3 heteroatoms. The van der Waals surface area contributed by atoms with E-state index >= 15 is 0 Å². The smallest absolute Gasteiger partial charge is 0.0637 e. The molecule has 20 heavy (non-hydrogen) atoms. The van der Waals surface area contributed by atoms with Gasteiger partial charge in [0, 0.05) is 12.6 Å². The molecular formula is C17H17Cl2N. The molecule has 3 rings (SSSR count). The molecule has 1 nitrogen and oxygen atoms in total. The van der Waals surface area contributed by atoms with Gasteiger partial charge in [0.2, 0.25) is 0 Å². The van der Waals surface area contributed by atoms with Crippen LogP contribution < -0.4 is 5.32 Å². The second kappa shape index (κ2) is 6.17. The van der Waals surface area contributed by atoms with Crippen molar-refractivity contribution in [1.29, 1.82) is 0 Å². The van der Waals surface area contributed by atoms with Gasteiger partial charge in [0.1, 0.15) is 0 Å². The molecule has 2 aromatic carbocycles. The van der Waals surface area contributed by atoms with Crippen molar-refractivity contribution in [3.63, 3.8) is 0 Å². The van der Waals surface area contributed by atoms with E-state index in [0.29, 0.717) is 16.1 Å². The van der Waals surface area contributed by atoms with Gasteiger partial charge in [0.05, 0.1) is 10.0 Å². The molecule has 0 heterocycles. The van der Waals surface area contributed by atoms with Crippen LogP contribution in [-0.4, -0.2) is 6.04 Å². The lowest BCUT2D eigenvalue weighted by atomic mass is 9.88. The van der Waals surface area contributed by atoms with Gasteiger partial charge in [-0.1, -0.05) is 59.6 Å². The lowest BCUT2D eigenvalue weighted by Crippen LogP contribution is -2.34. The molecule has 2 aromatic rings. The Labute approximate surface area is 129 Å². The van der Waals surface area contributed by atoms with Gasteiger partial charge < -0.3 is 5.32 Å². The third kappa shape index (κ3) is 3.01. The summed E-state index contributed by atoms with van der Waals surface area (Å²) < 4.78 is 0. The average molecular weight is 306 g/mol. The molecule has 0 fully saturated rings. The van der Waals surface area contributed by atoms with E-state index in [4.69, 9.17) is 23.2 Å². The molecule has 0 saturated heterocycles. The highest BCUT2D eigenvalue weighted by molar-refractivity contribution is 6.42. The van der Waals surface area contributed by atoms with Crippen molar-refractivity contribution in [1.82, 2.24) is 5.32 Å². The highest BCUT2D eigenvalue weighted by atomic mass is 35.5. The average Bonchev–Trinajstić information content (AvgIpc) is 2.48. The first kappa shape index (κ1) is 13.9. The standard InChI is InChI=1S/C17H17Cl2N/c18-16-7-3-6-14(17(16)19)11-20-15-9-8-12-4-1-2-5-13(12)10-15/h1-7,15,20H,8-11H2. The van der Waals surface area contributed by atoms with E-state index < -0.39 is 0 Å². The molecule has 1 unspecified atom stereocenters. The normalized spacial score (nSPS) is 17.8. The van der Waals surface area contributed by atoms with Crippen LogP contribution in [0.25, 0.3) is 0 Å². The zero-order chi connectivity index (χ0) is 13.9. The van der Waals surface area contributed by atoms with Crippen LogP contribution in [-0.2, 0) is 19.4 Å². The number of fused-ring (bicyclic) bond motifs is 1. The Morgan fingerprint density at radius 2 is 1.80 bits per heavy atom. The predicted octanol–water partition coefficient (Wildman–Crippen LogP) is 4.64. The van der Waals surface area contributed by atoms with Crippen molar-refractivity contribution in [2.45, 2.75) is 31.8 Å². The van der Waals surface area contributed by atoms with Crippen molar-refractivity contribution in [3.05, 3.63) is 69.2 Å². The Morgan fingerprint density at radius 3 is 2.65 bits per heavy atom. The summed E-state index contributed by atoms with van der Waals surface area (Å²) in [6, 6.07) is 15.0. The van der Waals surface area contributed by atoms with E-state index in [9.17, 15) is 0 Å². The van der Waals surface area contributed by atoms with Crippen LogP contribution in [0.2, 0.25) is 10.0 Å². The van der Waals surface area contributed by atoms with Crippen LogP contribution in [0.5, 0.6) is 0 Å². The summed E-state index contributed by atoms with van der Waals surface area (Å²) in [5.41, 5.74) is 4.03. The number of benzene rings is 2. The van der Waals surface area contributed by atoms with Gasteiger partial charge in [-0.05, 0) is 42.0 Å². The maximum absolute atomic E-state index is 6.22. The number of rotatable bonds is 3. The molecule has 0 radical (unpaired) electrons. The predicted molar refractivity (Wildman–Crippen MR) is 85.6 cm³/mol. The summed E-state index contributed by atoms with van der Waals surface area (Å²) in [6.07, 6.45) is 3.42. The first-order chi connectivity index (χ1) is 9.74. The van der Waals surface area contributed by atoms with Crippen LogP contribution in [0.3, 0.4) is 0 Å². The molecule has 1 aliphatic carbocycles. The van der Waals surface area contributed by atoms with Gasteiger partial charge in [-0.3, -0.25) is 0 Å². The van der Waals surface area contributed by atoms with E-state index in [1.54, 1.807) is 0 Å². The number of hydrogen-bond donors (Lipinski definition) is 1. The summed E-state index contributed by atoms with van der Waals surface area (Å²) in [5, 5.41) is 4.89. The molecule has 0 amide bonds. The molecule has 0 aromatic heterocycles. The van der Waals surface area contributed by atoms with Gasteiger partial charge in [-0.25, -0.2) is 0 Å². The topological polar surface area (TPSA) is 12.0 Å². The minimum atomic E-state index is 0.514. The van der Waals surface area contributed by atoms with E-state index in [-0.39, 0.29) is 0 Å². The second-order valence-electron chi connectivity index (χ2n) is 5.30. The lowest BCUT2D eigenvalue weighted by Gasteiger charge is -2.25. The molecule has 104 valence electrons. The fourth-order valence-electron chi connectivity index (χ4n) is 2.81. The summed E-state index contributed by atoms with van der Waals surface area (Å²) in [4.78, 5) is 0. The van der Waals surface area contributed by atoms with Crippen LogP contribution in [0.15, 0.2) is 42.5 Å². The van der Waals surface area contributed by atoms with Crippen LogP contribution in [0.1, 0.15) is 23.1 Å². The molecule has 0 bridgehead atoms. The number of halogens is 2. The Hall–Kier alpha value is -1.02. The molecule has 1 N–H and O–H groups in total. The fourth-order valence-corrected chi connectivity index (χ4v) is 3.20. The summed E-state index contributed by atoms with van der Waals surface area (Å²) in [7, 11) is 0. The van der Waals surface area contributed by atoms with E-state index in [2.05, 4.69) is 29.6 Å². The van der Waals surface area contributed by atoms with E-state index in [0.717, 1.165) is 24.9 Å². The van der Waals surface area contributed by atoms with Gasteiger partial charge in [-0.15, -0.1) is 0 Å². The first-order valence-corrected chi connectivity index (χ1v) is 7.72. The lowest BCUT2D eigenvalue weighted by molar-refractivity contribution is 0.458. The van der Waals surface area contributed by atoms with E-state index in [1.165, 1.54) is 17.5 Å². The molecule has 1 atom stereocenters. The van der Waals surface area contributed by atoms with Crippen molar-refractivity contribution in [3.8, 4) is 0 Å². The monoisotopic (exact) mass is 305 g/mol. The quantitative estimate of drug-likeness (QED) is 0.871. The van der Waals surface area contributed by atoms with Crippen LogP contribution >= 0.6 is 23.2 Å². The van der Waals surface area contributed by atoms with Crippen molar-refractivity contribution < 1.29 is 0 Å². The van der Waals surface area contributed by atoms with Crippen molar-refractivity contribution >= 4 is 23.2 Å². The molecule has 0 spiro atoms. The van der Waals surface area contributed by atoms with Gasteiger partial charge in [-0.2, -0.15) is 0 Å². The summed E-state index contributed by atoms with van der Waals surface area (Å²) in [6.45, 7) is 0.770. The highest BCUT2D eigenvalue weighted by Gasteiger charge is 2.17. The number of hydrogen-bond acceptors (Lipinski definition) is 1. The first-order valence-electron chi connectivity index (χ1n) is 6.97. The largest absolute Gasteiger partial charge is 0.310 e. The Kier molecular flexibility index (Phi) is 4.30. The molecular weight excluding hydrogens is 289 g/mol. The summed E-state index contributed by atoms with van der Waals surface area (Å²) in [5.74, 6) is 0. The third-order valence-corrected chi connectivity index (χ3v) is 4.82. The van der Waals surface area contributed by atoms with Gasteiger partial charge >= 0.3 is 0 Å². The molecule has 0 saturated carbocycles. The highest BCUT2D eigenvalue weighted by Crippen LogP contribution is 2.26. The SMILES string of the molecule is Clc1cccc(CNC2CCc3ccccc3C2)c1Cl. The minimum Gasteiger partial charge on any atom is -0.310 e. The Bertz CT molecular complexity index is 610. The fraction of sp³-hybridized carbons (Fsp3) is 0.294. The van der Waals surface area contributed by atoms with Crippen LogP contribution in [0, 0.1) is 0 Å². The van der Waals surface area contributed by atoms with Gasteiger partial charge in [0.25, 0.3) is 0 Å². The zero-order valence-corrected chi connectivity index (χ0v) is 12.7. The zero-order valence-electron chi connectivity index (χ0n) is 11.2.